The van der Waals surface area contributed by atoms with Gasteiger partial charge in [0.1, 0.15) is 128 Å². The molecule has 64 heavy (non-hydrogen) atoms. The van der Waals surface area contributed by atoms with Crippen LogP contribution in [0.15, 0.2) is 0 Å². The van der Waals surface area contributed by atoms with Crippen molar-refractivity contribution < 1.29 is 143 Å². The van der Waals surface area contributed by atoms with E-state index in [0.29, 0.717) is 0 Å². The fraction of sp³-hybridized carbons (Fsp3) is 1.00. The van der Waals surface area contributed by atoms with Gasteiger partial charge >= 0.3 is 0 Å². The largest absolute Gasteiger partial charge is 0.394 e. The van der Waals surface area contributed by atoms with Crippen molar-refractivity contribution in [3.8, 4) is 0 Å². The predicted octanol–water partition coefficient (Wildman–Crippen LogP) is -11.8. The molecule has 372 valence electrons. The SMILES string of the molecule is OC[C@H]1O[C@H](O[C@@H]2[C@@H](O)[C@H](O[C@@H]3CO[C@@H](O[C@@H]4CO[C@@H](O[C@@H]5CO[C@@H](O)[C@H](O)[C@H]5O)[C@H](O)[C@H]4O)[C@H](O)[C@H]3O[C@H]3O[C@H](CO)[C@@H](O)[C@@H]3O)OC[C@H]2O[C@@H]2OC[C@@H](O)[C@H](O)[C@H]2O)[C@@H](O)[C@@H]1O. The van der Waals surface area contributed by atoms with Crippen LogP contribution in [0.2, 0.25) is 0 Å². The van der Waals surface area contributed by atoms with E-state index in [0.717, 1.165) is 0 Å². The molecule has 0 spiro atoms. The van der Waals surface area contributed by atoms with Crippen LogP contribution in [0, 0.1) is 0 Å². The molecule has 29 heteroatoms. The Bertz CT molecular complexity index is 1460. The average molecular weight is 943 g/mol. The lowest BCUT2D eigenvalue weighted by Gasteiger charge is -2.47. The van der Waals surface area contributed by atoms with Crippen LogP contribution in [0.3, 0.4) is 0 Å². The van der Waals surface area contributed by atoms with Gasteiger partial charge in [0.2, 0.25) is 0 Å². The topological polar surface area (TPSA) is 444 Å². The lowest BCUT2D eigenvalue weighted by Crippen LogP contribution is -2.64. The first-order chi connectivity index (χ1) is 30.4. The number of rotatable bonds is 14. The third kappa shape index (κ3) is 10.5. The van der Waals surface area contributed by atoms with E-state index >= 15 is 0 Å². The van der Waals surface area contributed by atoms with Crippen molar-refractivity contribution in [1.82, 2.24) is 0 Å². The fourth-order valence-corrected chi connectivity index (χ4v) is 8.08. The maximum absolute atomic E-state index is 11.7. The summed E-state index contributed by atoms with van der Waals surface area (Å²) in [4.78, 5) is 0. The molecule has 0 bridgehead atoms. The average Bonchev–Trinajstić information content (AvgIpc) is 3.71. The monoisotopic (exact) mass is 942 g/mol. The molecule has 7 aliphatic heterocycles. The first-order valence-corrected chi connectivity index (χ1v) is 20.5. The maximum Gasteiger partial charge on any atom is 0.187 e. The number of ether oxygens (including phenoxy) is 13. The molecule has 28 atom stereocenters. The predicted molar refractivity (Wildman–Crippen MR) is 190 cm³/mol. The first kappa shape index (κ1) is 50.7. The molecule has 0 aromatic heterocycles. The molecular weight excluding hydrogens is 884 g/mol. The van der Waals surface area contributed by atoms with Crippen molar-refractivity contribution in [3.05, 3.63) is 0 Å². The van der Waals surface area contributed by atoms with E-state index in [2.05, 4.69) is 0 Å². The minimum Gasteiger partial charge on any atom is -0.394 e. The van der Waals surface area contributed by atoms with Crippen molar-refractivity contribution >= 4 is 0 Å². The quantitative estimate of drug-likeness (QED) is 0.0769. The number of hydrogen-bond donors (Lipinski definition) is 16. The molecule has 7 saturated heterocycles. The molecule has 0 radical (unpaired) electrons. The van der Waals surface area contributed by atoms with Gasteiger partial charge in [-0.15, -0.1) is 0 Å². The second kappa shape index (κ2) is 21.6. The summed E-state index contributed by atoms with van der Waals surface area (Å²) in [6, 6.07) is 0. The molecular formula is C35H58O29. The van der Waals surface area contributed by atoms with Crippen LogP contribution in [0.25, 0.3) is 0 Å². The Hall–Kier alpha value is -1.16. The lowest BCUT2D eigenvalue weighted by molar-refractivity contribution is -0.378. The zero-order valence-corrected chi connectivity index (χ0v) is 33.6. The normalized spacial score (nSPS) is 54.0. The van der Waals surface area contributed by atoms with Gasteiger partial charge in [0.25, 0.3) is 0 Å². The van der Waals surface area contributed by atoms with Gasteiger partial charge in [0.05, 0.1) is 46.2 Å². The fourth-order valence-electron chi connectivity index (χ4n) is 8.08. The van der Waals surface area contributed by atoms with E-state index in [-0.39, 0.29) is 0 Å². The van der Waals surface area contributed by atoms with Crippen LogP contribution < -0.4 is 0 Å². The van der Waals surface area contributed by atoms with Crippen LogP contribution in [-0.4, -0.2) is 300 Å². The highest BCUT2D eigenvalue weighted by Crippen LogP contribution is 2.35. The van der Waals surface area contributed by atoms with E-state index in [4.69, 9.17) is 61.6 Å². The van der Waals surface area contributed by atoms with Gasteiger partial charge in [0, 0.05) is 0 Å². The zero-order valence-electron chi connectivity index (χ0n) is 33.6. The summed E-state index contributed by atoms with van der Waals surface area (Å²) in [5.74, 6) is 0. The second-order valence-corrected chi connectivity index (χ2v) is 16.3. The molecule has 0 aromatic rings. The van der Waals surface area contributed by atoms with Gasteiger partial charge in [-0.25, -0.2) is 0 Å². The number of aliphatic hydroxyl groups excluding tert-OH is 16. The second-order valence-electron chi connectivity index (χ2n) is 16.3. The van der Waals surface area contributed by atoms with E-state index < -0.39 is 218 Å². The molecule has 7 fully saturated rings. The summed E-state index contributed by atoms with van der Waals surface area (Å²) >= 11 is 0. The minimum absolute atomic E-state index is 0.418. The van der Waals surface area contributed by atoms with Gasteiger partial charge in [0.15, 0.2) is 44.0 Å². The van der Waals surface area contributed by atoms with Crippen molar-refractivity contribution in [2.75, 3.05) is 46.2 Å². The number of hydrogen-bond acceptors (Lipinski definition) is 29. The smallest absolute Gasteiger partial charge is 0.187 e. The third-order valence-electron chi connectivity index (χ3n) is 12.0. The molecule has 0 amide bonds. The molecule has 0 saturated carbocycles. The third-order valence-corrected chi connectivity index (χ3v) is 12.0. The standard InChI is InChI=1S/C35H58O29/c36-1-9-16(40)23(47)34(57-9)63-27-13(61-30-21(45)15(39)8(38)3-53-30)6-56-33(26(27)50)62-14-7-55-32(25(49)28(14)64-35-24(48)17(41)10(2-37)58-35)60-12-5-54-31(22(46)19(12)43)59-11-4-52-29(51)20(44)18(11)42/h8-51H,1-7H2/t8-,9-,10-,11-,12-,13-,14-,15+,16-,17-,18+,19+,20-,21-,22-,23+,24+,25-,26-,27+,28+,29-,30+,31+,32+,33+,34-,35-/m1/s1. The maximum atomic E-state index is 11.7. The van der Waals surface area contributed by atoms with E-state index in [1.54, 1.807) is 0 Å². The Morgan fingerprint density at radius 3 is 1.09 bits per heavy atom. The molecule has 7 aliphatic rings. The van der Waals surface area contributed by atoms with E-state index in [1.807, 2.05) is 0 Å². The number of aliphatic hydroxyl groups is 16. The summed E-state index contributed by atoms with van der Waals surface area (Å²) in [5.41, 5.74) is 0. The summed E-state index contributed by atoms with van der Waals surface area (Å²) in [6.45, 7) is -4.10. The van der Waals surface area contributed by atoms with Crippen LogP contribution in [0.1, 0.15) is 0 Å². The van der Waals surface area contributed by atoms with E-state index in [1.165, 1.54) is 0 Å². The summed E-state index contributed by atoms with van der Waals surface area (Å²) in [7, 11) is 0. The lowest BCUT2D eigenvalue weighted by atomic mass is 10.0. The highest BCUT2D eigenvalue weighted by atomic mass is 16.8. The highest BCUT2D eigenvalue weighted by Gasteiger charge is 2.55. The molecule has 0 aliphatic carbocycles. The van der Waals surface area contributed by atoms with Crippen molar-refractivity contribution in [2.45, 2.75) is 172 Å². The van der Waals surface area contributed by atoms with Gasteiger partial charge in [-0.3, -0.25) is 0 Å². The van der Waals surface area contributed by atoms with Crippen molar-refractivity contribution in [2.24, 2.45) is 0 Å². The molecule has 0 unspecified atom stereocenters. The summed E-state index contributed by atoms with van der Waals surface area (Å²) in [5, 5.41) is 167. The molecule has 16 N–H and O–H groups in total. The van der Waals surface area contributed by atoms with Gasteiger partial charge in [-0.1, -0.05) is 0 Å². The Kier molecular flexibility index (Phi) is 17.1. The molecule has 0 aromatic carbocycles. The molecule has 7 heterocycles. The van der Waals surface area contributed by atoms with E-state index in [9.17, 15) is 81.7 Å². The Labute approximate surface area is 361 Å². The Morgan fingerprint density at radius 2 is 0.656 bits per heavy atom. The molecule has 7 rings (SSSR count). The van der Waals surface area contributed by atoms with Crippen molar-refractivity contribution in [3.63, 3.8) is 0 Å². The van der Waals surface area contributed by atoms with Crippen LogP contribution in [-0.2, 0) is 61.6 Å². The van der Waals surface area contributed by atoms with Crippen molar-refractivity contribution in [1.29, 1.82) is 0 Å². The summed E-state index contributed by atoms with van der Waals surface area (Å²) < 4.78 is 73.0. The van der Waals surface area contributed by atoms with Gasteiger partial charge in [-0.05, 0) is 0 Å². The van der Waals surface area contributed by atoms with Gasteiger partial charge in [-0.2, -0.15) is 0 Å². The molecule has 29 nitrogen and oxygen atoms in total. The Balaban J connectivity index is 1.05. The first-order valence-electron chi connectivity index (χ1n) is 20.5. The van der Waals surface area contributed by atoms with Gasteiger partial charge < -0.3 is 143 Å². The Morgan fingerprint density at radius 1 is 0.312 bits per heavy atom. The van der Waals surface area contributed by atoms with Crippen LogP contribution >= 0.6 is 0 Å². The minimum atomic E-state index is -1.98. The van der Waals surface area contributed by atoms with Crippen LogP contribution in [0.5, 0.6) is 0 Å². The summed E-state index contributed by atoms with van der Waals surface area (Å²) in [6.07, 6.45) is -46.7. The highest BCUT2D eigenvalue weighted by molar-refractivity contribution is 4.96. The zero-order chi connectivity index (χ0) is 46.3. The van der Waals surface area contributed by atoms with Crippen LogP contribution in [0.4, 0.5) is 0 Å².